The molecule has 0 unspecified atom stereocenters. The Morgan fingerprint density at radius 2 is 1.88 bits per heavy atom. The molecule has 90 valence electrons. The van der Waals surface area contributed by atoms with Crippen molar-refractivity contribution in [1.82, 2.24) is 4.98 Å². The molecule has 0 aliphatic heterocycles. The lowest BCUT2D eigenvalue weighted by Crippen LogP contribution is -1.97. The maximum absolute atomic E-state index is 13.5. The molecule has 0 saturated carbocycles. The van der Waals surface area contributed by atoms with Gasteiger partial charge < -0.3 is 0 Å². The SMILES string of the molecule is CCCc1cc(Cl)c2c(F)c(F)c(F)cc2n1. The summed E-state index contributed by atoms with van der Waals surface area (Å²) in [6.07, 6.45) is 1.48. The molecule has 0 aliphatic rings. The summed E-state index contributed by atoms with van der Waals surface area (Å²) < 4.78 is 39.6. The Morgan fingerprint density at radius 1 is 1.18 bits per heavy atom. The van der Waals surface area contributed by atoms with Crippen LogP contribution in [0.15, 0.2) is 12.1 Å². The van der Waals surface area contributed by atoms with Crippen molar-refractivity contribution >= 4 is 22.5 Å². The lowest BCUT2D eigenvalue weighted by Gasteiger charge is -2.06. The number of nitrogens with zero attached hydrogens (tertiary/aromatic N) is 1. The van der Waals surface area contributed by atoms with Gasteiger partial charge in [0.15, 0.2) is 17.5 Å². The molecular formula is C12H9ClF3N. The van der Waals surface area contributed by atoms with E-state index in [1.54, 1.807) is 0 Å². The number of benzene rings is 1. The largest absolute Gasteiger partial charge is 0.253 e. The predicted octanol–water partition coefficient (Wildman–Crippen LogP) is 4.26. The molecule has 2 aromatic rings. The van der Waals surface area contributed by atoms with Gasteiger partial charge in [-0.2, -0.15) is 0 Å². The molecule has 0 spiro atoms. The fourth-order valence-corrected chi connectivity index (χ4v) is 1.99. The second-order valence-electron chi connectivity index (χ2n) is 3.73. The van der Waals surface area contributed by atoms with E-state index in [9.17, 15) is 13.2 Å². The van der Waals surface area contributed by atoms with E-state index in [2.05, 4.69) is 4.98 Å². The van der Waals surface area contributed by atoms with Gasteiger partial charge in [-0.25, -0.2) is 13.2 Å². The quantitative estimate of drug-likeness (QED) is 0.735. The number of rotatable bonds is 2. The zero-order valence-electron chi connectivity index (χ0n) is 9.03. The van der Waals surface area contributed by atoms with Crippen molar-refractivity contribution in [3.63, 3.8) is 0 Å². The van der Waals surface area contributed by atoms with E-state index < -0.39 is 17.5 Å². The van der Waals surface area contributed by atoms with Crippen molar-refractivity contribution in [1.29, 1.82) is 0 Å². The third-order valence-electron chi connectivity index (χ3n) is 2.44. The van der Waals surface area contributed by atoms with Crippen LogP contribution in [0.5, 0.6) is 0 Å². The van der Waals surface area contributed by atoms with Gasteiger partial charge in [-0.05, 0) is 12.5 Å². The number of aromatic nitrogens is 1. The number of halogens is 4. The van der Waals surface area contributed by atoms with Gasteiger partial charge in [0.2, 0.25) is 0 Å². The third kappa shape index (κ3) is 2.09. The van der Waals surface area contributed by atoms with Crippen LogP contribution in [0.1, 0.15) is 19.0 Å². The van der Waals surface area contributed by atoms with Gasteiger partial charge in [0.1, 0.15) is 0 Å². The summed E-state index contributed by atoms with van der Waals surface area (Å²) in [6, 6.07) is 2.34. The fourth-order valence-electron chi connectivity index (χ4n) is 1.69. The molecule has 0 atom stereocenters. The number of pyridine rings is 1. The average molecular weight is 260 g/mol. The lowest BCUT2D eigenvalue weighted by atomic mass is 10.1. The fraction of sp³-hybridized carbons (Fsp3) is 0.250. The van der Waals surface area contributed by atoms with Crippen LogP contribution < -0.4 is 0 Å². The van der Waals surface area contributed by atoms with Crippen LogP contribution in [-0.4, -0.2) is 4.98 Å². The maximum Gasteiger partial charge on any atom is 0.195 e. The molecule has 0 fully saturated rings. The molecule has 0 bridgehead atoms. The minimum absolute atomic E-state index is 0.0392. The molecule has 0 N–H and O–H groups in total. The van der Waals surface area contributed by atoms with Crippen molar-refractivity contribution in [3.8, 4) is 0 Å². The lowest BCUT2D eigenvalue weighted by molar-refractivity contribution is 0.453. The van der Waals surface area contributed by atoms with Crippen molar-refractivity contribution in [2.75, 3.05) is 0 Å². The molecule has 1 aromatic heterocycles. The summed E-state index contributed by atoms with van der Waals surface area (Å²) in [5.74, 6) is -4.07. The average Bonchev–Trinajstić information content (AvgIpc) is 2.25. The highest BCUT2D eigenvalue weighted by Crippen LogP contribution is 2.29. The van der Waals surface area contributed by atoms with Gasteiger partial charge in [0.25, 0.3) is 0 Å². The van der Waals surface area contributed by atoms with Crippen molar-refractivity contribution < 1.29 is 13.2 Å². The molecule has 5 heteroatoms. The normalized spacial score (nSPS) is 11.1. The van der Waals surface area contributed by atoms with E-state index in [0.717, 1.165) is 12.5 Å². The standard InChI is InChI=1S/C12H9ClF3N/c1-2-3-6-4-7(13)10-9(17-6)5-8(14)11(15)12(10)16/h4-5H,2-3H2,1H3. The van der Waals surface area contributed by atoms with Crippen LogP contribution >= 0.6 is 11.6 Å². The molecule has 0 aliphatic carbocycles. The van der Waals surface area contributed by atoms with Crippen LogP contribution in [0.2, 0.25) is 5.02 Å². The van der Waals surface area contributed by atoms with E-state index >= 15 is 0 Å². The Hall–Kier alpha value is -1.29. The van der Waals surface area contributed by atoms with Crippen LogP contribution in [0.3, 0.4) is 0 Å². The Balaban J connectivity index is 2.77. The van der Waals surface area contributed by atoms with Crippen LogP contribution in [0, 0.1) is 17.5 Å². The first-order chi connectivity index (χ1) is 8.04. The Bertz CT molecular complexity index is 584. The molecule has 1 heterocycles. The van der Waals surface area contributed by atoms with Gasteiger partial charge in [-0.3, -0.25) is 4.98 Å². The summed E-state index contributed by atoms with van der Waals surface area (Å²) in [5, 5.41) is -0.125. The van der Waals surface area contributed by atoms with Gasteiger partial charge in [-0.15, -0.1) is 0 Å². The van der Waals surface area contributed by atoms with Gasteiger partial charge >= 0.3 is 0 Å². The highest BCUT2D eigenvalue weighted by Gasteiger charge is 2.17. The Kier molecular flexibility index (Phi) is 3.24. The van der Waals surface area contributed by atoms with E-state index in [0.29, 0.717) is 12.1 Å². The van der Waals surface area contributed by atoms with E-state index in [-0.39, 0.29) is 15.9 Å². The smallest absolute Gasteiger partial charge is 0.195 e. The van der Waals surface area contributed by atoms with Crippen LogP contribution in [-0.2, 0) is 6.42 Å². The van der Waals surface area contributed by atoms with E-state index in [4.69, 9.17) is 11.6 Å². The highest BCUT2D eigenvalue weighted by atomic mass is 35.5. The molecule has 2 rings (SSSR count). The Morgan fingerprint density at radius 3 is 2.53 bits per heavy atom. The third-order valence-corrected chi connectivity index (χ3v) is 2.74. The summed E-state index contributed by atoms with van der Waals surface area (Å²) in [7, 11) is 0. The highest BCUT2D eigenvalue weighted by molar-refractivity contribution is 6.35. The minimum Gasteiger partial charge on any atom is -0.253 e. The topological polar surface area (TPSA) is 12.9 Å². The second kappa shape index (κ2) is 4.53. The van der Waals surface area contributed by atoms with Gasteiger partial charge in [-0.1, -0.05) is 24.9 Å². The first-order valence-corrected chi connectivity index (χ1v) is 5.55. The first-order valence-electron chi connectivity index (χ1n) is 5.17. The number of fused-ring (bicyclic) bond motifs is 1. The number of hydrogen-bond acceptors (Lipinski definition) is 1. The molecule has 0 saturated heterocycles. The van der Waals surface area contributed by atoms with Crippen molar-refractivity contribution in [2.45, 2.75) is 19.8 Å². The summed E-state index contributed by atoms with van der Waals surface area (Å²) in [4.78, 5) is 4.06. The van der Waals surface area contributed by atoms with Crippen molar-refractivity contribution in [2.24, 2.45) is 0 Å². The molecular weight excluding hydrogens is 251 g/mol. The molecule has 0 amide bonds. The molecule has 1 nitrogen and oxygen atoms in total. The Labute approximate surface area is 101 Å². The van der Waals surface area contributed by atoms with E-state index in [1.165, 1.54) is 6.07 Å². The molecule has 17 heavy (non-hydrogen) atoms. The summed E-state index contributed by atoms with van der Waals surface area (Å²) in [5.41, 5.74) is 0.674. The zero-order valence-corrected chi connectivity index (χ0v) is 9.78. The van der Waals surface area contributed by atoms with Crippen LogP contribution in [0.25, 0.3) is 10.9 Å². The predicted molar refractivity (Wildman–Crippen MR) is 60.6 cm³/mol. The van der Waals surface area contributed by atoms with Gasteiger partial charge in [0, 0.05) is 11.8 Å². The zero-order chi connectivity index (χ0) is 12.6. The van der Waals surface area contributed by atoms with E-state index in [1.807, 2.05) is 6.92 Å². The second-order valence-corrected chi connectivity index (χ2v) is 4.13. The van der Waals surface area contributed by atoms with Gasteiger partial charge in [0.05, 0.1) is 15.9 Å². The molecule has 0 radical (unpaired) electrons. The monoisotopic (exact) mass is 259 g/mol. The minimum atomic E-state index is -1.52. The number of hydrogen-bond donors (Lipinski definition) is 0. The first kappa shape index (κ1) is 12.2. The van der Waals surface area contributed by atoms with Crippen molar-refractivity contribution in [3.05, 3.63) is 40.3 Å². The summed E-state index contributed by atoms with van der Waals surface area (Å²) >= 11 is 5.86. The summed E-state index contributed by atoms with van der Waals surface area (Å²) in [6.45, 7) is 1.95. The number of aryl methyl sites for hydroxylation is 1. The maximum atomic E-state index is 13.5. The van der Waals surface area contributed by atoms with Crippen LogP contribution in [0.4, 0.5) is 13.2 Å². The molecule has 1 aromatic carbocycles.